The van der Waals surface area contributed by atoms with Crippen molar-refractivity contribution in [3.8, 4) is 0 Å². The Balaban J connectivity index is 2.31. The standard InChI is InChI=1S/C14H9ClF2OS/c1-8(18)11-4-3-10(7-12(11)15)19-14-6-9(16)2-5-13(14)17/h2-7H,1H3. The number of hydrogen-bond acceptors (Lipinski definition) is 2. The van der Waals surface area contributed by atoms with Crippen LogP contribution in [0.15, 0.2) is 46.2 Å². The van der Waals surface area contributed by atoms with Crippen molar-refractivity contribution in [1.29, 1.82) is 0 Å². The van der Waals surface area contributed by atoms with Gasteiger partial charge in [0.2, 0.25) is 0 Å². The number of Topliss-reactive ketones (excluding diaryl/α,β-unsaturated/α-hetero) is 1. The maximum atomic E-state index is 13.5. The molecule has 2 aromatic rings. The molecule has 0 heterocycles. The van der Waals surface area contributed by atoms with Crippen LogP contribution in [0.5, 0.6) is 0 Å². The lowest BCUT2D eigenvalue weighted by atomic mass is 10.1. The van der Waals surface area contributed by atoms with E-state index in [0.717, 1.165) is 30.0 Å². The zero-order valence-electron chi connectivity index (χ0n) is 9.91. The number of carbonyl (C=O) groups excluding carboxylic acids is 1. The van der Waals surface area contributed by atoms with E-state index in [1.807, 2.05) is 0 Å². The molecule has 0 amide bonds. The number of benzene rings is 2. The van der Waals surface area contributed by atoms with E-state index in [-0.39, 0.29) is 10.7 Å². The summed E-state index contributed by atoms with van der Waals surface area (Å²) in [4.78, 5) is 12.0. The van der Waals surface area contributed by atoms with E-state index in [1.165, 1.54) is 6.92 Å². The van der Waals surface area contributed by atoms with E-state index in [0.29, 0.717) is 15.5 Å². The molecule has 0 saturated heterocycles. The Hall–Kier alpha value is -1.39. The summed E-state index contributed by atoms with van der Waals surface area (Å²) in [6, 6.07) is 8.04. The molecular weight excluding hydrogens is 290 g/mol. The second-order valence-electron chi connectivity index (χ2n) is 3.87. The van der Waals surface area contributed by atoms with Crippen LogP contribution in [0, 0.1) is 11.6 Å². The summed E-state index contributed by atoms with van der Waals surface area (Å²) in [5.74, 6) is -1.15. The fourth-order valence-electron chi connectivity index (χ4n) is 1.53. The van der Waals surface area contributed by atoms with Gasteiger partial charge >= 0.3 is 0 Å². The van der Waals surface area contributed by atoms with Gasteiger partial charge in [-0.25, -0.2) is 8.78 Å². The van der Waals surface area contributed by atoms with Crippen molar-refractivity contribution in [2.75, 3.05) is 0 Å². The van der Waals surface area contributed by atoms with E-state index >= 15 is 0 Å². The highest BCUT2D eigenvalue weighted by Crippen LogP contribution is 2.32. The van der Waals surface area contributed by atoms with Crippen LogP contribution in [-0.2, 0) is 0 Å². The Kier molecular flexibility index (Phi) is 4.22. The van der Waals surface area contributed by atoms with Crippen LogP contribution in [0.2, 0.25) is 5.02 Å². The van der Waals surface area contributed by atoms with Gasteiger partial charge in [-0.2, -0.15) is 0 Å². The minimum Gasteiger partial charge on any atom is -0.294 e. The monoisotopic (exact) mass is 298 g/mol. The number of rotatable bonds is 3. The van der Waals surface area contributed by atoms with Gasteiger partial charge in [0.25, 0.3) is 0 Å². The van der Waals surface area contributed by atoms with E-state index < -0.39 is 11.6 Å². The van der Waals surface area contributed by atoms with E-state index in [1.54, 1.807) is 18.2 Å². The lowest BCUT2D eigenvalue weighted by Gasteiger charge is -2.06. The van der Waals surface area contributed by atoms with E-state index in [2.05, 4.69) is 0 Å². The summed E-state index contributed by atoms with van der Waals surface area (Å²) in [6.07, 6.45) is 0. The topological polar surface area (TPSA) is 17.1 Å². The molecule has 0 aromatic heterocycles. The molecule has 0 spiro atoms. The molecule has 0 radical (unpaired) electrons. The van der Waals surface area contributed by atoms with Crippen LogP contribution >= 0.6 is 23.4 Å². The predicted octanol–water partition coefficient (Wildman–Crippen LogP) is 4.97. The summed E-state index contributed by atoms with van der Waals surface area (Å²) >= 11 is 7.01. The maximum Gasteiger partial charge on any atom is 0.161 e. The zero-order valence-corrected chi connectivity index (χ0v) is 11.5. The number of carbonyl (C=O) groups is 1. The quantitative estimate of drug-likeness (QED) is 0.744. The first-order valence-electron chi connectivity index (χ1n) is 5.41. The predicted molar refractivity (Wildman–Crippen MR) is 71.9 cm³/mol. The summed E-state index contributed by atoms with van der Waals surface area (Å²) in [7, 11) is 0. The fourth-order valence-corrected chi connectivity index (χ4v) is 2.81. The normalized spacial score (nSPS) is 10.5. The van der Waals surface area contributed by atoms with Gasteiger partial charge < -0.3 is 0 Å². The van der Waals surface area contributed by atoms with E-state index in [4.69, 9.17) is 11.6 Å². The van der Waals surface area contributed by atoms with Crippen LogP contribution in [0.1, 0.15) is 17.3 Å². The molecule has 5 heteroatoms. The molecule has 2 rings (SSSR count). The van der Waals surface area contributed by atoms with Crippen molar-refractivity contribution in [2.45, 2.75) is 16.7 Å². The molecule has 0 aliphatic heterocycles. The summed E-state index contributed by atoms with van der Waals surface area (Å²) in [5.41, 5.74) is 0.408. The molecule has 19 heavy (non-hydrogen) atoms. The Morgan fingerprint density at radius 3 is 2.53 bits per heavy atom. The Labute approximate surface area is 118 Å². The van der Waals surface area contributed by atoms with Gasteiger partial charge in [0.15, 0.2) is 5.78 Å². The van der Waals surface area contributed by atoms with Crippen molar-refractivity contribution in [1.82, 2.24) is 0 Å². The highest BCUT2D eigenvalue weighted by molar-refractivity contribution is 7.99. The molecule has 2 aromatic carbocycles. The molecule has 0 N–H and O–H groups in total. The minimum atomic E-state index is -0.504. The first kappa shape index (κ1) is 14.0. The average Bonchev–Trinajstić information content (AvgIpc) is 2.33. The van der Waals surface area contributed by atoms with Crippen LogP contribution in [0.25, 0.3) is 0 Å². The molecular formula is C14H9ClF2OS. The molecule has 0 bridgehead atoms. The number of halogens is 3. The summed E-state index contributed by atoms with van der Waals surface area (Å²) in [6.45, 7) is 1.42. The molecule has 0 unspecified atom stereocenters. The van der Waals surface area contributed by atoms with E-state index in [9.17, 15) is 13.6 Å². The van der Waals surface area contributed by atoms with Crippen molar-refractivity contribution in [3.63, 3.8) is 0 Å². The smallest absolute Gasteiger partial charge is 0.161 e. The third-order valence-electron chi connectivity index (χ3n) is 2.44. The lowest BCUT2D eigenvalue weighted by Crippen LogP contribution is -1.93. The number of hydrogen-bond donors (Lipinski definition) is 0. The summed E-state index contributed by atoms with van der Waals surface area (Å²) in [5, 5.41) is 0.300. The highest BCUT2D eigenvalue weighted by Gasteiger charge is 2.09. The van der Waals surface area contributed by atoms with Crippen LogP contribution in [0.4, 0.5) is 8.78 Å². The van der Waals surface area contributed by atoms with Crippen molar-refractivity contribution >= 4 is 29.1 Å². The van der Waals surface area contributed by atoms with Gasteiger partial charge in [-0.15, -0.1) is 0 Å². The maximum absolute atomic E-state index is 13.5. The second kappa shape index (κ2) is 5.72. The molecule has 0 saturated carbocycles. The zero-order chi connectivity index (χ0) is 14.0. The van der Waals surface area contributed by atoms with Gasteiger partial charge in [-0.1, -0.05) is 23.4 Å². The molecule has 1 nitrogen and oxygen atoms in total. The van der Waals surface area contributed by atoms with Gasteiger partial charge in [0, 0.05) is 10.5 Å². The van der Waals surface area contributed by atoms with Gasteiger partial charge in [-0.3, -0.25) is 4.79 Å². The van der Waals surface area contributed by atoms with Gasteiger partial charge in [0.1, 0.15) is 11.6 Å². The first-order chi connectivity index (χ1) is 8.97. The van der Waals surface area contributed by atoms with Crippen LogP contribution in [-0.4, -0.2) is 5.78 Å². The molecule has 0 fully saturated rings. The fraction of sp³-hybridized carbons (Fsp3) is 0.0714. The van der Waals surface area contributed by atoms with Crippen molar-refractivity contribution in [3.05, 3.63) is 58.6 Å². The van der Waals surface area contributed by atoms with Crippen LogP contribution in [0.3, 0.4) is 0 Å². The highest BCUT2D eigenvalue weighted by atomic mass is 35.5. The third kappa shape index (κ3) is 3.33. The molecule has 0 aliphatic rings. The first-order valence-corrected chi connectivity index (χ1v) is 6.60. The molecule has 98 valence electrons. The van der Waals surface area contributed by atoms with Crippen molar-refractivity contribution in [2.24, 2.45) is 0 Å². The summed E-state index contributed by atoms with van der Waals surface area (Å²) < 4.78 is 26.5. The Morgan fingerprint density at radius 1 is 1.16 bits per heavy atom. The lowest BCUT2D eigenvalue weighted by molar-refractivity contribution is 0.101. The van der Waals surface area contributed by atoms with Gasteiger partial charge in [0.05, 0.1) is 9.92 Å². The number of ketones is 1. The molecule has 0 aliphatic carbocycles. The average molecular weight is 299 g/mol. The second-order valence-corrected chi connectivity index (χ2v) is 5.40. The third-order valence-corrected chi connectivity index (χ3v) is 3.78. The van der Waals surface area contributed by atoms with Gasteiger partial charge in [-0.05, 0) is 43.3 Å². The SMILES string of the molecule is CC(=O)c1ccc(Sc2cc(F)ccc2F)cc1Cl. The Bertz CT molecular complexity index is 643. The minimum absolute atomic E-state index is 0.140. The largest absolute Gasteiger partial charge is 0.294 e. The molecule has 0 atom stereocenters. The van der Waals surface area contributed by atoms with Crippen molar-refractivity contribution < 1.29 is 13.6 Å². The Morgan fingerprint density at radius 2 is 1.89 bits per heavy atom. The van der Waals surface area contributed by atoms with Crippen LogP contribution < -0.4 is 0 Å².